The second kappa shape index (κ2) is 5.01. The van der Waals surface area contributed by atoms with Crippen LogP contribution in [0.2, 0.25) is 0 Å². The summed E-state index contributed by atoms with van der Waals surface area (Å²) in [6.07, 6.45) is 3.48. The smallest absolute Gasteiger partial charge is 0.276 e. The summed E-state index contributed by atoms with van der Waals surface area (Å²) in [7, 11) is 0. The maximum Gasteiger partial charge on any atom is 0.276 e. The van der Waals surface area contributed by atoms with Gasteiger partial charge in [0.05, 0.1) is 6.04 Å². The molecule has 0 spiro atoms. The highest BCUT2D eigenvalue weighted by Crippen LogP contribution is 2.34. The first kappa shape index (κ1) is 12.2. The molecule has 1 aliphatic heterocycles. The van der Waals surface area contributed by atoms with Crippen molar-refractivity contribution in [2.75, 3.05) is 6.54 Å². The van der Waals surface area contributed by atoms with Crippen molar-refractivity contribution in [1.29, 1.82) is 0 Å². The Morgan fingerprint density at radius 3 is 3.11 bits per heavy atom. The number of aromatic hydroxyl groups is 1. The van der Waals surface area contributed by atoms with E-state index in [2.05, 4.69) is 16.4 Å². The molecule has 0 radical (unpaired) electrons. The van der Waals surface area contributed by atoms with E-state index < -0.39 is 0 Å². The quantitative estimate of drug-likeness (QED) is 0.916. The van der Waals surface area contributed by atoms with Crippen molar-refractivity contribution in [3.8, 4) is 5.75 Å². The minimum atomic E-state index is -0.188. The molecule has 5 heteroatoms. The highest BCUT2D eigenvalue weighted by atomic mass is 32.1. The van der Waals surface area contributed by atoms with Gasteiger partial charge in [-0.25, -0.2) is 4.98 Å². The Balaban J connectivity index is 1.89. The minimum absolute atomic E-state index is 0.0523. The van der Waals surface area contributed by atoms with Crippen LogP contribution in [0.5, 0.6) is 5.75 Å². The second-order valence-corrected chi connectivity index (χ2v) is 5.36. The zero-order chi connectivity index (χ0) is 13.2. The van der Waals surface area contributed by atoms with Crippen molar-refractivity contribution in [3.05, 3.63) is 46.4 Å². The van der Waals surface area contributed by atoms with Crippen molar-refractivity contribution < 1.29 is 9.90 Å². The summed E-state index contributed by atoms with van der Waals surface area (Å²) < 4.78 is 0. The number of nitrogens with zero attached hydrogens (tertiary/aromatic N) is 2. The maximum atomic E-state index is 12.5. The Morgan fingerprint density at radius 2 is 2.37 bits per heavy atom. The lowest BCUT2D eigenvalue weighted by atomic mass is 10.1. The molecule has 3 rings (SSSR count). The van der Waals surface area contributed by atoms with Gasteiger partial charge in [-0.05, 0) is 47.4 Å². The molecular weight excluding hydrogens is 260 g/mol. The van der Waals surface area contributed by atoms with E-state index >= 15 is 0 Å². The molecule has 19 heavy (non-hydrogen) atoms. The Labute approximate surface area is 115 Å². The summed E-state index contributed by atoms with van der Waals surface area (Å²) in [5, 5.41) is 13.9. The molecular formula is C14H14N2O2S. The van der Waals surface area contributed by atoms with Crippen LogP contribution in [0.4, 0.5) is 0 Å². The van der Waals surface area contributed by atoms with Gasteiger partial charge in [0.2, 0.25) is 0 Å². The van der Waals surface area contributed by atoms with Crippen LogP contribution in [0.1, 0.15) is 34.9 Å². The SMILES string of the molecule is O=C(c1ncccc1O)N1CCC[C@H]1c1ccsc1. The highest BCUT2D eigenvalue weighted by molar-refractivity contribution is 7.07. The van der Waals surface area contributed by atoms with Crippen molar-refractivity contribution in [2.24, 2.45) is 0 Å². The lowest BCUT2D eigenvalue weighted by molar-refractivity contribution is 0.0726. The first-order valence-corrected chi connectivity index (χ1v) is 7.18. The molecule has 1 aliphatic rings. The molecule has 0 aromatic carbocycles. The van der Waals surface area contributed by atoms with E-state index in [0.29, 0.717) is 0 Å². The highest BCUT2D eigenvalue weighted by Gasteiger charge is 2.32. The molecule has 98 valence electrons. The zero-order valence-electron chi connectivity index (χ0n) is 10.3. The van der Waals surface area contributed by atoms with Gasteiger partial charge in [-0.2, -0.15) is 11.3 Å². The van der Waals surface area contributed by atoms with Gasteiger partial charge in [0.25, 0.3) is 5.91 Å². The fourth-order valence-corrected chi connectivity index (χ4v) is 3.23. The third-order valence-electron chi connectivity index (χ3n) is 3.43. The molecule has 4 nitrogen and oxygen atoms in total. The van der Waals surface area contributed by atoms with Crippen LogP contribution in [0, 0.1) is 0 Å². The number of likely N-dealkylation sites (tertiary alicyclic amines) is 1. The van der Waals surface area contributed by atoms with Gasteiger partial charge in [0, 0.05) is 12.7 Å². The summed E-state index contributed by atoms with van der Waals surface area (Å²) in [5.74, 6) is -0.240. The van der Waals surface area contributed by atoms with Crippen LogP contribution in [0.3, 0.4) is 0 Å². The van der Waals surface area contributed by atoms with Crippen molar-refractivity contribution in [2.45, 2.75) is 18.9 Å². The molecule has 0 bridgehead atoms. The van der Waals surface area contributed by atoms with Gasteiger partial charge >= 0.3 is 0 Å². The summed E-state index contributed by atoms with van der Waals surface area (Å²) >= 11 is 1.64. The fraction of sp³-hybridized carbons (Fsp3) is 0.286. The molecule has 1 fully saturated rings. The molecule has 0 saturated carbocycles. The third-order valence-corrected chi connectivity index (χ3v) is 4.13. The Bertz CT molecular complexity index is 583. The van der Waals surface area contributed by atoms with Crippen LogP contribution in [-0.4, -0.2) is 27.4 Å². The van der Waals surface area contributed by atoms with E-state index in [1.807, 2.05) is 10.3 Å². The predicted octanol–water partition coefficient (Wildman–Crippen LogP) is 2.83. The minimum Gasteiger partial charge on any atom is -0.505 e. The fourth-order valence-electron chi connectivity index (χ4n) is 2.52. The summed E-state index contributed by atoms with van der Waals surface area (Å²) in [6.45, 7) is 0.718. The van der Waals surface area contributed by atoms with Crippen LogP contribution in [-0.2, 0) is 0 Å². The van der Waals surface area contributed by atoms with Crippen LogP contribution in [0.25, 0.3) is 0 Å². The third kappa shape index (κ3) is 2.21. The number of pyridine rings is 1. The van der Waals surface area contributed by atoms with E-state index in [4.69, 9.17) is 0 Å². The zero-order valence-corrected chi connectivity index (χ0v) is 11.1. The second-order valence-electron chi connectivity index (χ2n) is 4.58. The molecule has 2 aromatic rings. The first-order valence-electron chi connectivity index (χ1n) is 6.24. The number of carbonyl (C=O) groups is 1. The first-order chi connectivity index (χ1) is 9.27. The standard InChI is InChI=1S/C14H14N2O2S/c17-12-4-1-6-15-13(12)14(18)16-7-2-3-11(16)10-5-8-19-9-10/h1,4-6,8-9,11,17H,2-3,7H2/t11-/m0/s1. The number of hydrogen-bond acceptors (Lipinski definition) is 4. The molecule has 0 unspecified atom stereocenters. The maximum absolute atomic E-state index is 12.5. The summed E-state index contributed by atoms with van der Waals surface area (Å²) in [5.41, 5.74) is 1.32. The average molecular weight is 274 g/mol. The van der Waals surface area contributed by atoms with E-state index in [0.717, 1.165) is 19.4 Å². The summed E-state index contributed by atoms with van der Waals surface area (Å²) in [4.78, 5) is 18.3. The van der Waals surface area contributed by atoms with Crippen molar-refractivity contribution in [1.82, 2.24) is 9.88 Å². The Morgan fingerprint density at radius 1 is 1.47 bits per heavy atom. The number of carbonyl (C=O) groups excluding carboxylic acids is 1. The van der Waals surface area contributed by atoms with Crippen molar-refractivity contribution >= 4 is 17.2 Å². The van der Waals surface area contributed by atoms with E-state index in [1.165, 1.54) is 17.8 Å². The van der Waals surface area contributed by atoms with E-state index in [9.17, 15) is 9.90 Å². The van der Waals surface area contributed by atoms with Crippen LogP contribution >= 0.6 is 11.3 Å². The van der Waals surface area contributed by atoms with Gasteiger partial charge in [-0.3, -0.25) is 4.79 Å². The molecule has 2 aromatic heterocycles. The Hall–Kier alpha value is -1.88. The molecule has 3 heterocycles. The number of thiophene rings is 1. The molecule has 1 N–H and O–H groups in total. The lowest BCUT2D eigenvalue weighted by Gasteiger charge is -2.24. The Kier molecular flexibility index (Phi) is 3.21. The molecule has 0 aliphatic carbocycles. The van der Waals surface area contributed by atoms with Gasteiger partial charge in [-0.15, -0.1) is 0 Å². The number of aromatic nitrogens is 1. The lowest BCUT2D eigenvalue weighted by Crippen LogP contribution is -2.31. The number of hydrogen-bond donors (Lipinski definition) is 1. The predicted molar refractivity (Wildman–Crippen MR) is 73.2 cm³/mol. The normalized spacial score (nSPS) is 18.7. The van der Waals surface area contributed by atoms with Gasteiger partial charge in [-0.1, -0.05) is 0 Å². The van der Waals surface area contributed by atoms with E-state index in [1.54, 1.807) is 17.4 Å². The topological polar surface area (TPSA) is 53.4 Å². The number of amides is 1. The van der Waals surface area contributed by atoms with Crippen molar-refractivity contribution in [3.63, 3.8) is 0 Å². The van der Waals surface area contributed by atoms with Gasteiger partial charge in [0.1, 0.15) is 5.75 Å². The van der Waals surface area contributed by atoms with Crippen LogP contribution in [0.15, 0.2) is 35.2 Å². The largest absolute Gasteiger partial charge is 0.505 e. The van der Waals surface area contributed by atoms with Gasteiger partial charge in [0.15, 0.2) is 5.69 Å². The van der Waals surface area contributed by atoms with E-state index in [-0.39, 0.29) is 23.4 Å². The number of rotatable bonds is 2. The summed E-state index contributed by atoms with van der Waals surface area (Å²) in [6, 6.07) is 5.28. The van der Waals surface area contributed by atoms with Crippen LogP contribution < -0.4 is 0 Å². The average Bonchev–Trinajstić information content (AvgIpc) is 3.09. The molecule has 1 saturated heterocycles. The molecule has 1 atom stereocenters. The monoisotopic (exact) mass is 274 g/mol. The van der Waals surface area contributed by atoms with Gasteiger partial charge < -0.3 is 10.0 Å². The molecule has 1 amide bonds.